The van der Waals surface area contributed by atoms with Crippen molar-refractivity contribution in [3.05, 3.63) is 29.6 Å². The molecule has 0 aromatic carbocycles. The Morgan fingerprint density at radius 3 is 3.00 bits per heavy atom. The van der Waals surface area contributed by atoms with Crippen LogP contribution in [-0.2, 0) is 4.74 Å². The van der Waals surface area contributed by atoms with Crippen LogP contribution in [0.25, 0.3) is 0 Å². The SMILES string of the molecule is COC(=O)c1cccnc1C1CC1. The number of carbonyl (C=O) groups excluding carboxylic acids is 1. The molecule has 0 saturated heterocycles. The van der Waals surface area contributed by atoms with E-state index in [4.69, 9.17) is 0 Å². The molecule has 0 radical (unpaired) electrons. The summed E-state index contributed by atoms with van der Waals surface area (Å²) in [6, 6.07) is 3.53. The fraction of sp³-hybridized carbons (Fsp3) is 0.400. The van der Waals surface area contributed by atoms with Gasteiger partial charge in [-0.2, -0.15) is 0 Å². The molecular weight excluding hydrogens is 166 g/mol. The molecule has 68 valence electrons. The highest BCUT2D eigenvalue weighted by atomic mass is 16.5. The summed E-state index contributed by atoms with van der Waals surface area (Å²) in [6.45, 7) is 0. The molecule has 1 fully saturated rings. The Bertz CT molecular complexity index is 331. The van der Waals surface area contributed by atoms with Crippen molar-refractivity contribution >= 4 is 5.97 Å². The summed E-state index contributed by atoms with van der Waals surface area (Å²) in [4.78, 5) is 15.5. The van der Waals surface area contributed by atoms with Gasteiger partial charge in [0.1, 0.15) is 0 Å². The number of pyridine rings is 1. The number of nitrogens with zero attached hydrogens (tertiary/aromatic N) is 1. The van der Waals surface area contributed by atoms with Gasteiger partial charge in [0, 0.05) is 12.1 Å². The molecule has 0 spiro atoms. The van der Waals surface area contributed by atoms with Crippen LogP contribution in [0.2, 0.25) is 0 Å². The minimum atomic E-state index is -0.282. The second-order valence-corrected chi connectivity index (χ2v) is 3.20. The Kier molecular flexibility index (Phi) is 2.00. The van der Waals surface area contributed by atoms with Crippen LogP contribution >= 0.6 is 0 Å². The highest BCUT2D eigenvalue weighted by Crippen LogP contribution is 2.40. The molecule has 1 aliphatic rings. The molecule has 0 bridgehead atoms. The third-order valence-electron chi connectivity index (χ3n) is 2.21. The molecule has 1 aliphatic carbocycles. The van der Waals surface area contributed by atoms with Crippen LogP contribution in [0.1, 0.15) is 34.8 Å². The first-order valence-corrected chi connectivity index (χ1v) is 4.36. The van der Waals surface area contributed by atoms with Crippen molar-refractivity contribution in [3.8, 4) is 0 Å². The number of hydrogen-bond acceptors (Lipinski definition) is 3. The largest absolute Gasteiger partial charge is 0.465 e. The predicted octanol–water partition coefficient (Wildman–Crippen LogP) is 1.75. The summed E-state index contributed by atoms with van der Waals surface area (Å²) >= 11 is 0. The summed E-state index contributed by atoms with van der Waals surface area (Å²) in [5.74, 6) is 0.199. The Balaban J connectivity index is 2.36. The summed E-state index contributed by atoms with van der Waals surface area (Å²) in [5.41, 5.74) is 1.52. The highest BCUT2D eigenvalue weighted by Gasteiger charge is 2.29. The van der Waals surface area contributed by atoms with Crippen molar-refractivity contribution < 1.29 is 9.53 Å². The lowest BCUT2D eigenvalue weighted by Gasteiger charge is -2.03. The number of carbonyl (C=O) groups is 1. The minimum Gasteiger partial charge on any atom is -0.465 e. The van der Waals surface area contributed by atoms with Gasteiger partial charge in [-0.15, -0.1) is 0 Å². The maximum Gasteiger partial charge on any atom is 0.339 e. The third-order valence-corrected chi connectivity index (χ3v) is 2.21. The maximum absolute atomic E-state index is 11.3. The average molecular weight is 177 g/mol. The van der Waals surface area contributed by atoms with Gasteiger partial charge >= 0.3 is 5.97 Å². The molecule has 3 nitrogen and oxygen atoms in total. The Morgan fingerprint density at radius 2 is 2.38 bits per heavy atom. The minimum absolute atomic E-state index is 0.282. The monoisotopic (exact) mass is 177 g/mol. The Morgan fingerprint density at radius 1 is 1.62 bits per heavy atom. The van der Waals surface area contributed by atoms with Crippen molar-refractivity contribution in [2.75, 3.05) is 7.11 Å². The maximum atomic E-state index is 11.3. The van der Waals surface area contributed by atoms with E-state index in [2.05, 4.69) is 9.72 Å². The van der Waals surface area contributed by atoms with Gasteiger partial charge in [0.25, 0.3) is 0 Å². The van der Waals surface area contributed by atoms with E-state index in [1.807, 2.05) is 0 Å². The van der Waals surface area contributed by atoms with E-state index in [1.54, 1.807) is 18.3 Å². The molecule has 1 aromatic rings. The lowest BCUT2D eigenvalue weighted by atomic mass is 10.1. The number of hydrogen-bond donors (Lipinski definition) is 0. The van der Waals surface area contributed by atoms with Crippen molar-refractivity contribution in [2.24, 2.45) is 0 Å². The Labute approximate surface area is 76.7 Å². The number of methoxy groups -OCH3 is 1. The van der Waals surface area contributed by atoms with Crippen molar-refractivity contribution in [3.63, 3.8) is 0 Å². The van der Waals surface area contributed by atoms with Crippen LogP contribution in [0, 0.1) is 0 Å². The third kappa shape index (κ3) is 1.54. The summed E-state index contributed by atoms with van der Waals surface area (Å²) in [6.07, 6.45) is 4.00. The van der Waals surface area contributed by atoms with Gasteiger partial charge in [-0.05, 0) is 25.0 Å². The number of rotatable bonds is 2. The van der Waals surface area contributed by atoms with Crippen LogP contribution in [0.15, 0.2) is 18.3 Å². The molecule has 13 heavy (non-hydrogen) atoms. The fourth-order valence-electron chi connectivity index (χ4n) is 1.38. The zero-order chi connectivity index (χ0) is 9.26. The van der Waals surface area contributed by atoms with Gasteiger partial charge < -0.3 is 4.74 Å². The van der Waals surface area contributed by atoms with E-state index in [0.717, 1.165) is 18.5 Å². The molecule has 0 aliphatic heterocycles. The summed E-state index contributed by atoms with van der Waals surface area (Å²) in [5, 5.41) is 0. The topological polar surface area (TPSA) is 39.2 Å². The molecule has 1 saturated carbocycles. The van der Waals surface area contributed by atoms with E-state index >= 15 is 0 Å². The van der Waals surface area contributed by atoms with Crippen molar-refractivity contribution in [1.29, 1.82) is 0 Å². The van der Waals surface area contributed by atoms with Crippen molar-refractivity contribution in [1.82, 2.24) is 4.98 Å². The fourth-order valence-corrected chi connectivity index (χ4v) is 1.38. The lowest BCUT2D eigenvalue weighted by molar-refractivity contribution is 0.0599. The first-order valence-electron chi connectivity index (χ1n) is 4.36. The standard InChI is InChI=1S/C10H11NO2/c1-13-10(12)8-3-2-6-11-9(8)7-4-5-7/h2-3,6-7H,4-5H2,1H3. The quantitative estimate of drug-likeness (QED) is 0.646. The van der Waals surface area contributed by atoms with Crippen LogP contribution in [0.4, 0.5) is 0 Å². The zero-order valence-electron chi connectivity index (χ0n) is 7.49. The van der Waals surface area contributed by atoms with Gasteiger partial charge in [0.15, 0.2) is 0 Å². The molecule has 0 N–H and O–H groups in total. The number of ether oxygens (including phenoxy) is 1. The van der Waals surface area contributed by atoms with Gasteiger partial charge in [-0.1, -0.05) is 0 Å². The second-order valence-electron chi connectivity index (χ2n) is 3.20. The van der Waals surface area contributed by atoms with Gasteiger partial charge in [-0.3, -0.25) is 4.98 Å². The number of aromatic nitrogens is 1. The predicted molar refractivity (Wildman–Crippen MR) is 47.6 cm³/mol. The normalized spacial score (nSPS) is 15.5. The van der Waals surface area contributed by atoms with E-state index in [-0.39, 0.29) is 5.97 Å². The van der Waals surface area contributed by atoms with Crippen LogP contribution < -0.4 is 0 Å². The van der Waals surface area contributed by atoms with Gasteiger partial charge in [0.05, 0.1) is 18.4 Å². The molecule has 1 heterocycles. The second kappa shape index (κ2) is 3.17. The Hall–Kier alpha value is -1.38. The first kappa shape index (κ1) is 8.23. The summed E-state index contributed by atoms with van der Waals surface area (Å²) < 4.78 is 4.68. The van der Waals surface area contributed by atoms with E-state index in [0.29, 0.717) is 11.5 Å². The van der Waals surface area contributed by atoms with Crippen molar-refractivity contribution in [2.45, 2.75) is 18.8 Å². The van der Waals surface area contributed by atoms with E-state index < -0.39 is 0 Å². The number of esters is 1. The van der Waals surface area contributed by atoms with Gasteiger partial charge in [0.2, 0.25) is 0 Å². The molecule has 0 unspecified atom stereocenters. The molecule has 1 aromatic heterocycles. The van der Waals surface area contributed by atoms with Gasteiger partial charge in [-0.25, -0.2) is 4.79 Å². The average Bonchev–Trinajstić information content (AvgIpc) is 3.00. The smallest absolute Gasteiger partial charge is 0.339 e. The van der Waals surface area contributed by atoms with Crippen LogP contribution in [0.3, 0.4) is 0 Å². The highest BCUT2D eigenvalue weighted by molar-refractivity contribution is 5.90. The summed E-state index contributed by atoms with van der Waals surface area (Å²) in [7, 11) is 1.39. The van der Waals surface area contributed by atoms with Crippen LogP contribution in [0.5, 0.6) is 0 Å². The molecule has 0 amide bonds. The molecular formula is C10H11NO2. The van der Waals surface area contributed by atoms with E-state index in [1.165, 1.54) is 7.11 Å². The molecule has 0 atom stereocenters. The zero-order valence-corrected chi connectivity index (χ0v) is 7.49. The van der Waals surface area contributed by atoms with E-state index in [9.17, 15) is 4.79 Å². The lowest BCUT2D eigenvalue weighted by Crippen LogP contribution is -2.06. The first-order chi connectivity index (χ1) is 6.33. The molecule has 3 heteroatoms. The molecule has 2 rings (SSSR count). The van der Waals surface area contributed by atoms with Crippen LogP contribution in [-0.4, -0.2) is 18.1 Å².